The summed E-state index contributed by atoms with van der Waals surface area (Å²) in [7, 11) is 0. The van der Waals surface area contributed by atoms with Crippen LogP contribution in [0.15, 0.2) is 42.5 Å². The van der Waals surface area contributed by atoms with Crippen LogP contribution in [0.4, 0.5) is 8.78 Å². The fraction of sp³-hybridized carbons (Fsp3) is 0.143. The van der Waals surface area contributed by atoms with E-state index in [1.807, 2.05) is 6.07 Å². The molecule has 0 aliphatic carbocycles. The van der Waals surface area contributed by atoms with Gasteiger partial charge in [0.05, 0.1) is 0 Å². The molecule has 0 aliphatic rings. The van der Waals surface area contributed by atoms with Crippen LogP contribution in [0.3, 0.4) is 0 Å². The van der Waals surface area contributed by atoms with Crippen molar-refractivity contribution in [2.24, 2.45) is 0 Å². The van der Waals surface area contributed by atoms with E-state index in [1.54, 1.807) is 12.1 Å². The summed E-state index contributed by atoms with van der Waals surface area (Å²) in [4.78, 5) is 0. The Morgan fingerprint density at radius 1 is 0.944 bits per heavy atom. The van der Waals surface area contributed by atoms with Crippen LogP contribution in [0.5, 0.6) is 0 Å². The van der Waals surface area contributed by atoms with Crippen LogP contribution in [0.2, 0.25) is 5.02 Å². The molecule has 4 heteroatoms. The maximum Gasteiger partial charge on any atom is 0.124 e. The van der Waals surface area contributed by atoms with Gasteiger partial charge in [0, 0.05) is 18.1 Å². The quantitative estimate of drug-likeness (QED) is 0.886. The van der Waals surface area contributed by atoms with Crippen molar-refractivity contribution in [1.82, 2.24) is 5.32 Å². The Morgan fingerprint density at radius 3 is 2.44 bits per heavy atom. The molecule has 0 aromatic heterocycles. The molecule has 94 valence electrons. The van der Waals surface area contributed by atoms with E-state index in [0.29, 0.717) is 18.1 Å². The van der Waals surface area contributed by atoms with Crippen molar-refractivity contribution in [2.45, 2.75) is 13.1 Å². The van der Waals surface area contributed by atoms with Gasteiger partial charge in [-0.25, -0.2) is 8.78 Å². The molecule has 0 spiro atoms. The van der Waals surface area contributed by atoms with Crippen molar-refractivity contribution in [3.8, 4) is 0 Å². The second-order valence-electron chi connectivity index (χ2n) is 3.97. The van der Waals surface area contributed by atoms with Gasteiger partial charge in [-0.3, -0.25) is 0 Å². The smallest absolute Gasteiger partial charge is 0.124 e. The maximum atomic E-state index is 12.9. The first kappa shape index (κ1) is 13.0. The summed E-state index contributed by atoms with van der Waals surface area (Å²) in [5.74, 6) is -0.608. The van der Waals surface area contributed by atoms with Gasteiger partial charge in [0.15, 0.2) is 0 Å². The first-order valence-electron chi connectivity index (χ1n) is 5.54. The molecule has 0 bridgehead atoms. The van der Waals surface area contributed by atoms with Crippen LogP contribution in [0.25, 0.3) is 0 Å². The lowest BCUT2D eigenvalue weighted by atomic mass is 10.2. The van der Waals surface area contributed by atoms with Crippen molar-refractivity contribution in [1.29, 1.82) is 0 Å². The number of rotatable bonds is 4. The summed E-state index contributed by atoms with van der Waals surface area (Å²) >= 11 is 5.90. The van der Waals surface area contributed by atoms with E-state index in [-0.39, 0.29) is 11.6 Å². The van der Waals surface area contributed by atoms with E-state index >= 15 is 0 Å². The van der Waals surface area contributed by atoms with Crippen LogP contribution in [-0.4, -0.2) is 0 Å². The number of hydrogen-bond acceptors (Lipinski definition) is 1. The molecule has 0 fully saturated rings. The zero-order chi connectivity index (χ0) is 13.0. The van der Waals surface area contributed by atoms with E-state index in [0.717, 1.165) is 11.1 Å². The van der Waals surface area contributed by atoms with E-state index in [9.17, 15) is 8.78 Å². The van der Waals surface area contributed by atoms with E-state index in [1.165, 1.54) is 24.3 Å². The van der Waals surface area contributed by atoms with E-state index < -0.39 is 0 Å². The molecular formula is C14H12ClF2N. The summed E-state index contributed by atoms with van der Waals surface area (Å²) < 4.78 is 25.8. The lowest BCUT2D eigenvalue weighted by Crippen LogP contribution is -2.13. The van der Waals surface area contributed by atoms with E-state index in [4.69, 9.17) is 11.6 Å². The predicted molar refractivity (Wildman–Crippen MR) is 68.4 cm³/mol. The largest absolute Gasteiger partial charge is 0.309 e. The first-order chi connectivity index (χ1) is 8.65. The Bertz CT molecular complexity index is 543. The Balaban J connectivity index is 1.92. The summed E-state index contributed by atoms with van der Waals surface area (Å²) in [6.07, 6.45) is 0. The highest BCUT2D eigenvalue weighted by Gasteiger charge is 2.02. The highest BCUT2D eigenvalue weighted by Crippen LogP contribution is 2.17. The third-order valence-electron chi connectivity index (χ3n) is 2.55. The molecule has 0 radical (unpaired) electrons. The lowest BCUT2D eigenvalue weighted by Gasteiger charge is -2.07. The molecule has 1 N–H and O–H groups in total. The van der Waals surface area contributed by atoms with Crippen molar-refractivity contribution in [2.75, 3.05) is 0 Å². The van der Waals surface area contributed by atoms with Gasteiger partial charge in [-0.15, -0.1) is 0 Å². The molecule has 2 aromatic rings. The standard InChI is InChI=1S/C14H12ClF2N/c15-14-7-13(17)5-4-11(14)9-18-8-10-2-1-3-12(16)6-10/h1-7,18H,8-9H2. The van der Waals surface area contributed by atoms with Gasteiger partial charge in [0.2, 0.25) is 0 Å². The second-order valence-corrected chi connectivity index (χ2v) is 4.38. The van der Waals surface area contributed by atoms with Gasteiger partial charge in [-0.2, -0.15) is 0 Å². The molecule has 0 atom stereocenters. The molecule has 0 unspecified atom stereocenters. The number of hydrogen-bond donors (Lipinski definition) is 1. The molecule has 0 aliphatic heterocycles. The molecule has 2 aromatic carbocycles. The van der Waals surface area contributed by atoms with Gasteiger partial charge in [0.1, 0.15) is 11.6 Å². The maximum absolute atomic E-state index is 12.9. The van der Waals surface area contributed by atoms with Crippen LogP contribution < -0.4 is 5.32 Å². The number of benzene rings is 2. The van der Waals surface area contributed by atoms with Gasteiger partial charge in [0.25, 0.3) is 0 Å². The van der Waals surface area contributed by atoms with Crippen LogP contribution in [0, 0.1) is 11.6 Å². The Hall–Kier alpha value is -1.45. The monoisotopic (exact) mass is 267 g/mol. The molecule has 18 heavy (non-hydrogen) atoms. The second kappa shape index (κ2) is 5.94. The average molecular weight is 268 g/mol. The lowest BCUT2D eigenvalue weighted by molar-refractivity contribution is 0.618. The van der Waals surface area contributed by atoms with E-state index in [2.05, 4.69) is 5.32 Å². The molecular weight excluding hydrogens is 256 g/mol. The zero-order valence-electron chi connectivity index (χ0n) is 9.59. The third-order valence-corrected chi connectivity index (χ3v) is 2.90. The predicted octanol–water partition coefficient (Wildman–Crippen LogP) is 3.91. The average Bonchev–Trinajstić information content (AvgIpc) is 2.32. The third kappa shape index (κ3) is 3.52. The molecule has 0 saturated heterocycles. The molecule has 0 amide bonds. The van der Waals surface area contributed by atoms with Gasteiger partial charge in [-0.05, 0) is 35.4 Å². The SMILES string of the molecule is Fc1cccc(CNCc2ccc(F)cc2Cl)c1. The summed E-state index contributed by atoms with van der Waals surface area (Å²) in [5.41, 5.74) is 1.67. The first-order valence-corrected chi connectivity index (χ1v) is 5.92. The topological polar surface area (TPSA) is 12.0 Å². The Morgan fingerprint density at radius 2 is 1.72 bits per heavy atom. The van der Waals surface area contributed by atoms with Crippen molar-refractivity contribution < 1.29 is 8.78 Å². The Kier molecular flexibility index (Phi) is 4.28. The highest BCUT2D eigenvalue weighted by molar-refractivity contribution is 6.31. The van der Waals surface area contributed by atoms with Crippen molar-refractivity contribution in [3.63, 3.8) is 0 Å². The normalized spacial score (nSPS) is 10.6. The minimum absolute atomic E-state index is 0.255. The summed E-state index contributed by atoms with van der Waals surface area (Å²) in [5, 5.41) is 3.52. The minimum Gasteiger partial charge on any atom is -0.309 e. The summed E-state index contributed by atoms with van der Waals surface area (Å²) in [6, 6.07) is 10.7. The van der Waals surface area contributed by atoms with Gasteiger partial charge in [-0.1, -0.05) is 29.8 Å². The molecule has 2 rings (SSSR count). The molecule has 0 heterocycles. The van der Waals surface area contributed by atoms with Crippen LogP contribution in [-0.2, 0) is 13.1 Å². The fourth-order valence-electron chi connectivity index (χ4n) is 1.65. The summed E-state index contributed by atoms with van der Waals surface area (Å²) in [6.45, 7) is 1.04. The fourth-order valence-corrected chi connectivity index (χ4v) is 1.89. The van der Waals surface area contributed by atoms with Gasteiger partial charge < -0.3 is 5.32 Å². The number of nitrogens with one attached hydrogen (secondary N) is 1. The zero-order valence-corrected chi connectivity index (χ0v) is 10.3. The molecule has 0 saturated carbocycles. The van der Waals surface area contributed by atoms with Gasteiger partial charge >= 0.3 is 0 Å². The van der Waals surface area contributed by atoms with Crippen molar-refractivity contribution >= 4 is 11.6 Å². The van der Waals surface area contributed by atoms with Crippen LogP contribution >= 0.6 is 11.6 Å². The minimum atomic E-state index is -0.353. The van der Waals surface area contributed by atoms with Crippen LogP contribution in [0.1, 0.15) is 11.1 Å². The Labute approximate surface area is 109 Å². The molecule has 1 nitrogen and oxygen atoms in total. The number of halogens is 3. The highest BCUT2D eigenvalue weighted by atomic mass is 35.5. The van der Waals surface area contributed by atoms with Crippen molar-refractivity contribution in [3.05, 3.63) is 70.2 Å².